The Kier molecular flexibility index (Phi) is 7.59. The molecule has 5 aliphatic rings. The van der Waals surface area contributed by atoms with E-state index in [2.05, 4.69) is 151 Å². The molecule has 268 valence electrons. The van der Waals surface area contributed by atoms with E-state index in [-0.39, 0.29) is 10.8 Å². The lowest BCUT2D eigenvalue weighted by Crippen LogP contribution is -2.48. The molecule has 3 fully saturated rings. The number of hydrogen-bond donors (Lipinski definition) is 0. The fourth-order valence-electron chi connectivity index (χ4n) is 12.9. The third kappa shape index (κ3) is 4.57. The molecule has 5 aliphatic carbocycles. The molecule has 6 aromatic rings. The largest absolute Gasteiger partial charge is 0.310 e. The summed E-state index contributed by atoms with van der Waals surface area (Å²) in [6, 6.07) is 54.1. The minimum Gasteiger partial charge on any atom is -0.310 e. The van der Waals surface area contributed by atoms with Gasteiger partial charge in [-0.15, -0.1) is 0 Å². The van der Waals surface area contributed by atoms with Crippen LogP contribution in [0.3, 0.4) is 0 Å². The van der Waals surface area contributed by atoms with E-state index in [0.717, 1.165) is 5.92 Å². The van der Waals surface area contributed by atoms with Crippen LogP contribution in [-0.4, -0.2) is 0 Å². The first-order valence-corrected chi connectivity index (χ1v) is 21.1. The molecule has 2 spiro atoms. The minimum atomic E-state index is 0.0720. The maximum atomic E-state index is 2.68. The second-order valence-electron chi connectivity index (χ2n) is 17.4. The summed E-state index contributed by atoms with van der Waals surface area (Å²) < 4.78 is 0. The van der Waals surface area contributed by atoms with Gasteiger partial charge in [0.2, 0.25) is 0 Å². The average molecular weight is 702 g/mol. The third-order valence-electron chi connectivity index (χ3n) is 15.0. The predicted octanol–water partition coefficient (Wildman–Crippen LogP) is 14.6. The lowest BCUT2D eigenvalue weighted by Gasteiger charge is -2.54. The molecule has 3 saturated carbocycles. The average Bonchev–Trinajstić information content (AvgIpc) is 3.68. The summed E-state index contributed by atoms with van der Waals surface area (Å²) in [7, 11) is 0. The first-order chi connectivity index (χ1) is 26.7. The maximum absolute atomic E-state index is 2.68. The van der Waals surface area contributed by atoms with Crippen LogP contribution in [0.15, 0.2) is 140 Å². The molecule has 0 radical (unpaired) electrons. The Balaban J connectivity index is 1.17. The summed E-state index contributed by atoms with van der Waals surface area (Å²) in [4.78, 5) is 2.65. The summed E-state index contributed by atoms with van der Waals surface area (Å²) in [5, 5.41) is 0. The Bertz CT molecular complexity index is 2380. The lowest BCUT2D eigenvalue weighted by molar-refractivity contribution is 0.0557. The quantitative estimate of drug-likeness (QED) is 0.173. The Hall–Kier alpha value is -4.88. The molecule has 4 atom stereocenters. The number of benzene rings is 6. The van der Waals surface area contributed by atoms with Crippen LogP contribution in [0, 0.1) is 17.8 Å². The van der Waals surface area contributed by atoms with Crippen LogP contribution in [0.5, 0.6) is 0 Å². The highest BCUT2D eigenvalue weighted by Crippen LogP contribution is 2.66. The summed E-state index contributed by atoms with van der Waals surface area (Å²) in [6.07, 6.45) is 14.5. The highest BCUT2D eigenvalue weighted by molar-refractivity contribution is 5.96. The van der Waals surface area contributed by atoms with E-state index in [1.54, 1.807) is 22.3 Å². The smallest absolute Gasteiger partial charge is 0.0543 e. The Morgan fingerprint density at radius 1 is 0.537 bits per heavy atom. The van der Waals surface area contributed by atoms with Crippen molar-refractivity contribution in [1.82, 2.24) is 0 Å². The molecule has 0 aliphatic heterocycles. The molecule has 6 aromatic carbocycles. The molecule has 0 heterocycles. The van der Waals surface area contributed by atoms with Crippen molar-refractivity contribution in [2.45, 2.75) is 88.4 Å². The van der Waals surface area contributed by atoms with Gasteiger partial charge in [0.05, 0.1) is 5.69 Å². The van der Waals surface area contributed by atoms with Crippen molar-refractivity contribution < 1.29 is 0 Å². The van der Waals surface area contributed by atoms with Crippen molar-refractivity contribution in [2.24, 2.45) is 17.8 Å². The van der Waals surface area contributed by atoms with Gasteiger partial charge in [0.25, 0.3) is 0 Å². The number of hydrogen-bond acceptors (Lipinski definition) is 1. The molecule has 0 aromatic heterocycles. The Morgan fingerprint density at radius 2 is 1.24 bits per heavy atom. The second-order valence-corrected chi connectivity index (χ2v) is 17.4. The predicted molar refractivity (Wildman–Crippen MR) is 226 cm³/mol. The zero-order chi connectivity index (χ0) is 35.9. The number of fused-ring (bicyclic) bond motifs is 13. The van der Waals surface area contributed by atoms with Gasteiger partial charge in [-0.25, -0.2) is 0 Å². The van der Waals surface area contributed by atoms with Gasteiger partial charge in [-0.3, -0.25) is 0 Å². The third-order valence-corrected chi connectivity index (χ3v) is 15.0. The lowest BCUT2D eigenvalue weighted by atomic mass is 9.50. The first-order valence-electron chi connectivity index (χ1n) is 21.1. The van der Waals surface area contributed by atoms with Crippen LogP contribution in [0.4, 0.5) is 17.1 Å². The zero-order valence-corrected chi connectivity index (χ0v) is 31.7. The monoisotopic (exact) mass is 701 g/mol. The van der Waals surface area contributed by atoms with E-state index in [9.17, 15) is 0 Å². The van der Waals surface area contributed by atoms with Gasteiger partial charge in [0.1, 0.15) is 0 Å². The maximum Gasteiger partial charge on any atom is 0.0543 e. The second kappa shape index (κ2) is 12.6. The summed E-state index contributed by atoms with van der Waals surface area (Å²) in [5.41, 5.74) is 18.6. The van der Waals surface area contributed by atoms with Crippen LogP contribution >= 0.6 is 0 Å². The SMILES string of the molecule is CCC1CC2CCCC(C2)C12c1ccccc1-c1ccc(N(c3cccc(-c4ccccc4)c3)c3cccc4c3-c3ccccc3C43CCCCC3)cc12. The summed E-state index contributed by atoms with van der Waals surface area (Å²) >= 11 is 0. The molecular formula is C53H51N. The van der Waals surface area contributed by atoms with Crippen LogP contribution in [0.25, 0.3) is 33.4 Å². The van der Waals surface area contributed by atoms with Gasteiger partial charge in [0.15, 0.2) is 0 Å². The molecule has 0 N–H and O–H groups in total. The van der Waals surface area contributed by atoms with Crippen LogP contribution in [0.1, 0.15) is 99.8 Å². The fraction of sp³-hybridized carbons (Fsp3) is 0.321. The summed E-state index contributed by atoms with van der Waals surface area (Å²) in [6.45, 7) is 2.48. The van der Waals surface area contributed by atoms with Crippen LogP contribution in [-0.2, 0) is 10.8 Å². The van der Waals surface area contributed by atoms with E-state index in [4.69, 9.17) is 0 Å². The molecule has 1 heteroatoms. The molecule has 0 amide bonds. The molecule has 1 nitrogen and oxygen atoms in total. The fourth-order valence-corrected chi connectivity index (χ4v) is 12.9. The number of nitrogens with zero attached hydrogens (tertiary/aromatic N) is 1. The standard InChI is InChI=1S/C53H51N/c1-2-39-32-36-16-13-20-40(33-36)53(39)47-25-10-7-22-43(47)44-29-28-42(35-49(44)53)54(41-21-14-19-38(34-41)37-17-5-3-6-18-37)50-27-15-26-48-51(50)45-23-8-9-24-46(45)52(48)30-11-4-12-31-52/h3,5-10,14-15,17-19,21-29,34-36,39-40H,2,4,11-13,16,20,30-33H2,1H3. The molecule has 54 heavy (non-hydrogen) atoms. The van der Waals surface area contributed by atoms with Gasteiger partial charge in [-0.05, 0) is 130 Å². The van der Waals surface area contributed by atoms with E-state index in [1.807, 2.05) is 0 Å². The highest BCUT2D eigenvalue weighted by Gasteiger charge is 2.56. The van der Waals surface area contributed by atoms with Gasteiger partial charge in [-0.1, -0.05) is 155 Å². The van der Waals surface area contributed by atoms with Crippen molar-refractivity contribution in [3.05, 3.63) is 162 Å². The number of anilines is 3. The number of rotatable bonds is 5. The molecule has 11 rings (SSSR count). The Morgan fingerprint density at radius 3 is 2.09 bits per heavy atom. The van der Waals surface area contributed by atoms with Crippen molar-refractivity contribution in [2.75, 3.05) is 4.90 Å². The normalized spacial score (nSPS) is 24.1. The highest BCUT2D eigenvalue weighted by atomic mass is 15.1. The topological polar surface area (TPSA) is 3.24 Å². The van der Waals surface area contributed by atoms with E-state index in [1.165, 1.54) is 121 Å². The minimum absolute atomic E-state index is 0.0720. The van der Waals surface area contributed by atoms with Crippen molar-refractivity contribution in [3.8, 4) is 33.4 Å². The van der Waals surface area contributed by atoms with E-state index in [0.29, 0.717) is 11.8 Å². The van der Waals surface area contributed by atoms with E-state index < -0.39 is 0 Å². The van der Waals surface area contributed by atoms with Crippen LogP contribution < -0.4 is 4.90 Å². The Labute approximate surface area is 322 Å². The van der Waals surface area contributed by atoms with Gasteiger partial charge < -0.3 is 4.90 Å². The molecule has 2 bridgehead atoms. The van der Waals surface area contributed by atoms with Gasteiger partial charge in [-0.2, -0.15) is 0 Å². The van der Waals surface area contributed by atoms with Crippen LogP contribution in [0.2, 0.25) is 0 Å². The molecule has 4 unspecified atom stereocenters. The zero-order valence-electron chi connectivity index (χ0n) is 31.7. The van der Waals surface area contributed by atoms with Gasteiger partial charge >= 0.3 is 0 Å². The van der Waals surface area contributed by atoms with Gasteiger partial charge in [0, 0.05) is 27.8 Å². The summed E-state index contributed by atoms with van der Waals surface area (Å²) in [5.74, 6) is 2.24. The van der Waals surface area contributed by atoms with Crippen molar-refractivity contribution in [3.63, 3.8) is 0 Å². The van der Waals surface area contributed by atoms with Crippen molar-refractivity contribution in [1.29, 1.82) is 0 Å². The first kappa shape index (κ1) is 32.5. The molecule has 0 saturated heterocycles. The molecular weight excluding hydrogens is 651 g/mol. The van der Waals surface area contributed by atoms with Crippen molar-refractivity contribution >= 4 is 17.1 Å². The van der Waals surface area contributed by atoms with E-state index >= 15 is 0 Å².